The van der Waals surface area contributed by atoms with Crippen LogP contribution in [0.3, 0.4) is 0 Å². The summed E-state index contributed by atoms with van der Waals surface area (Å²) in [6.45, 7) is 15.5. The fourth-order valence-corrected chi connectivity index (χ4v) is 6.83. The summed E-state index contributed by atoms with van der Waals surface area (Å²) < 4.78 is 38.8. The Labute approximate surface area is 230 Å². The molecule has 10 heteroatoms. The Morgan fingerprint density at radius 2 is 1.82 bits per heavy atom. The Bertz CT molecular complexity index is 1520. The number of aliphatic hydroxyl groups is 2. The third kappa shape index (κ3) is 3.54. The number of rotatable bonds is 6. The van der Waals surface area contributed by atoms with E-state index in [1.165, 1.54) is 13.2 Å². The smallest absolute Gasteiger partial charge is 0.319 e. The molecule has 0 amide bonds. The van der Waals surface area contributed by atoms with Crippen LogP contribution in [0.4, 0.5) is 20.3 Å². The first-order valence-corrected chi connectivity index (χ1v) is 12.9. The number of aromatic nitrogens is 1. The van der Waals surface area contributed by atoms with Crippen molar-refractivity contribution in [3.63, 3.8) is 0 Å². The summed E-state index contributed by atoms with van der Waals surface area (Å²) in [6, 6.07) is 17.4. The molecule has 2 aromatic carbocycles. The molecule has 2 fully saturated rings. The van der Waals surface area contributed by atoms with Crippen molar-refractivity contribution in [3.8, 4) is 11.6 Å². The number of likely N-dealkylation sites (tertiary alicyclic amines) is 1. The van der Waals surface area contributed by atoms with Gasteiger partial charge < -0.3 is 29.4 Å². The molecule has 0 unspecified atom stereocenters. The highest BCUT2D eigenvalue weighted by molar-refractivity contribution is 5.63. The van der Waals surface area contributed by atoms with Crippen molar-refractivity contribution in [1.82, 2.24) is 9.88 Å². The number of hydrogen-bond donors (Lipinski definition) is 2. The predicted octanol–water partition coefficient (Wildman–Crippen LogP) is 4.64. The SMILES string of the molecule is [C-]#[N+]c1ccc([C@@]23Oc4cc([N+]#[C-])nc(OC)c4[C@]2(O)[C@H](O)[C@H](CN2CC(C(F)F)C2)[C@H]3c2ccccc2)cc1. The van der Waals surface area contributed by atoms with Gasteiger partial charge in [0.05, 0.1) is 19.8 Å². The van der Waals surface area contributed by atoms with E-state index in [1.54, 1.807) is 24.3 Å². The summed E-state index contributed by atoms with van der Waals surface area (Å²) in [5.41, 5.74) is -1.93. The zero-order valence-electron chi connectivity index (χ0n) is 21.5. The van der Waals surface area contributed by atoms with Crippen LogP contribution in [0.25, 0.3) is 9.69 Å². The molecule has 0 spiro atoms. The van der Waals surface area contributed by atoms with Gasteiger partial charge in [-0.3, -0.25) is 0 Å². The van der Waals surface area contributed by atoms with E-state index in [-0.39, 0.29) is 42.6 Å². The lowest BCUT2D eigenvalue weighted by atomic mass is 9.70. The highest BCUT2D eigenvalue weighted by atomic mass is 19.3. The molecule has 2 N–H and O–H groups in total. The molecular weight excluding hydrogens is 518 g/mol. The van der Waals surface area contributed by atoms with Gasteiger partial charge >= 0.3 is 5.88 Å². The maximum absolute atomic E-state index is 13.3. The van der Waals surface area contributed by atoms with E-state index >= 15 is 0 Å². The number of benzene rings is 2. The number of alkyl halides is 2. The minimum absolute atomic E-state index is 0.00130. The Hall–Kier alpha value is -4.09. The largest absolute Gasteiger partial charge is 0.479 e. The van der Waals surface area contributed by atoms with E-state index in [0.717, 1.165) is 5.56 Å². The first-order valence-electron chi connectivity index (χ1n) is 12.9. The molecule has 8 nitrogen and oxygen atoms in total. The van der Waals surface area contributed by atoms with Crippen molar-refractivity contribution in [2.24, 2.45) is 11.8 Å². The van der Waals surface area contributed by atoms with Crippen molar-refractivity contribution >= 4 is 11.5 Å². The normalized spacial score (nSPS) is 29.1. The number of halogens is 2. The van der Waals surface area contributed by atoms with Gasteiger partial charge in [-0.25, -0.2) is 13.6 Å². The summed E-state index contributed by atoms with van der Waals surface area (Å²) >= 11 is 0. The molecule has 6 rings (SSSR count). The number of aliphatic hydroxyl groups excluding tert-OH is 1. The van der Waals surface area contributed by atoms with E-state index in [2.05, 4.69) is 14.7 Å². The van der Waals surface area contributed by atoms with Gasteiger partial charge in [-0.2, -0.15) is 0 Å². The molecule has 0 radical (unpaired) electrons. The molecule has 3 aliphatic rings. The van der Waals surface area contributed by atoms with Gasteiger partial charge in [0.1, 0.15) is 11.3 Å². The lowest BCUT2D eigenvalue weighted by Gasteiger charge is -2.43. The molecule has 1 aromatic heterocycles. The second-order valence-electron chi connectivity index (χ2n) is 10.5. The van der Waals surface area contributed by atoms with Crippen LogP contribution in [0, 0.1) is 25.0 Å². The van der Waals surface area contributed by atoms with E-state index < -0.39 is 41.5 Å². The number of pyridine rings is 1. The topological polar surface area (TPSA) is 83.8 Å². The zero-order valence-corrected chi connectivity index (χ0v) is 21.5. The molecule has 1 saturated carbocycles. The summed E-state index contributed by atoms with van der Waals surface area (Å²) in [4.78, 5) is 13.0. The van der Waals surface area contributed by atoms with Crippen LogP contribution >= 0.6 is 0 Å². The van der Waals surface area contributed by atoms with Crippen LogP contribution in [0.1, 0.15) is 22.6 Å². The van der Waals surface area contributed by atoms with Crippen molar-refractivity contribution in [2.75, 3.05) is 26.7 Å². The van der Waals surface area contributed by atoms with Crippen LogP contribution in [0.5, 0.6) is 11.6 Å². The second kappa shape index (κ2) is 9.53. The Balaban J connectivity index is 1.59. The van der Waals surface area contributed by atoms with Crippen molar-refractivity contribution in [2.45, 2.75) is 29.6 Å². The minimum Gasteiger partial charge on any atom is -0.479 e. The van der Waals surface area contributed by atoms with Crippen molar-refractivity contribution < 1.29 is 28.5 Å². The zero-order chi connectivity index (χ0) is 28.2. The number of nitrogens with zero attached hydrogens (tertiary/aromatic N) is 4. The summed E-state index contributed by atoms with van der Waals surface area (Å²) in [7, 11) is 1.36. The molecule has 2 aliphatic heterocycles. The van der Waals surface area contributed by atoms with E-state index in [4.69, 9.17) is 22.6 Å². The number of ether oxygens (including phenoxy) is 2. The minimum atomic E-state index is -2.42. The lowest BCUT2D eigenvalue weighted by molar-refractivity contribution is -0.153. The van der Waals surface area contributed by atoms with Gasteiger partial charge in [0, 0.05) is 43.5 Å². The standard InChI is InChI=1S/C30H26F2N4O4/c1-33-20-11-9-19(10-12-20)30-24(17-7-5-4-6-8-17)21(16-36-14-18(15-36)27(31)32)26(37)29(30,38)25-22(40-30)13-23(34-2)35-28(25)39-3/h4-13,18,21,24,26-27,37-38H,14-16H2,3H3/t21-,24-,26-,29+,30+/m1/s1. The average molecular weight is 545 g/mol. The van der Waals surface area contributed by atoms with Gasteiger partial charge in [-0.1, -0.05) is 66.2 Å². The maximum Gasteiger partial charge on any atom is 0.319 e. The van der Waals surface area contributed by atoms with Gasteiger partial charge in [0.15, 0.2) is 16.9 Å². The Kier molecular flexibility index (Phi) is 6.23. The first-order chi connectivity index (χ1) is 19.3. The fourth-order valence-electron chi connectivity index (χ4n) is 6.83. The lowest BCUT2D eigenvalue weighted by Crippen LogP contribution is -2.53. The molecule has 3 heterocycles. The molecule has 5 atom stereocenters. The first kappa shape index (κ1) is 26.1. The highest BCUT2D eigenvalue weighted by Gasteiger charge is 2.77. The van der Waals surface area contributed by atoms with Crippen LogP contribution < -0.4 is 9.47 Å². The van der Waals surface area contributed by atoms with Gasteiger partial charge in [0.2, 0.25) is 6.43 Å². The quantitative estimate of drug-likeness (QED) is 0.440. The van der Waals surface area contributed by atoms with Gasteiger partial charge in [0.25, 0.3) is 5.82 Å². The van der Waals surface area contributed by atoms with Crippen molar-refractivity contribution in [1.29, 1.82) is 0 Å². The van der Waals surface area contributed by atoms with E-state index in [1.807, 2.05) is 35.2 Å². The molecule has 0 bridgehead atoms. The van der Waals surface area contributed by atoms with Gasteiger partial charge in [-0.05, 0) is 11.1 Å². The second-order valence-corrected chi connectivity index (χ2v) is 10.5. The summed E-state index contributed by atoms with van der Waals surface area (Å²) in [5, 5.41) is 24.9. The summed E-state index contributed by atoms with van der Waals surface area (Å²) in [5.74, 6) is -1.93. The number of fused-ring (bicyclic) bond motifs is 3. The monoisotopic (exact) mass is 544 g/mol. The van der Waals surface area contributed by atoms with Crippen molar-refractivity contribution in [3.05, 3.63) is 100 Å². The fraction of sp³-hybridized carbons (Fsp3) is 0.367. The molecule has 3 aromatic rings. The van der Waals surface area contributed by atoms with Crippen LogP contribution in [-0.2, 0) is 11.2 Å². The van der Waals surface area contributed by atoms with E-state index in [9.17, 15) is 19.0 Å². The molecule has 1 aliphatic carbocycles. The average Bonchev–Trinajstić information content (AvgIpc) is 3.32. The molecule has 204 valence electrons. The Morgan fingerprint density at radius 3 is 2.42 bits per heavy atom. The molecular formula is C30H26F2N4O4. The van der Waals surface area contributed by atoms with Crippen LogP contribution in [0.15, 0.2) is 60.7 Å². The predicted molar refractivity (Wildman–Crippen MR) is 141 cm³/mol. The molecule has 1 saturated heterocycles. The number of methoxy groups -OCH3 is 1. The maximum atomic E-state index is 13.3. The van der Waals surface area contributed by atoms with Crippen LogP contribution in [0.2, 0.25) is 0 Å². The van der Waals surface area contributed by atoms with Crippen LogP contribution in [-0.4, -0.2) is 59.4 Å². The third-order valence-electron chi connectivity index (χ3n) is 8.56. The van der Waals surface area contributed by atoms with E-state index in [0.29, 0.717) is 11.3 Å². The Morgan fingerprint density at radius 1 is 1.12 bits per heavy atom. The summed E-state index contributed by atoms with van der Waals surface area (Å²) in [6.07, 6.45) is -3.85. The van der Waals surface area contributed by atoms with Gasteiger partial charge in [-0.15, -0.1) is 0 Å². The number of hydrogen-bond acceptors (Lipinski definition) is 6. The molecule has 40 heavy (non-hydrogen) atoms. The third-order valence-corrected chi connectivity index (χ3v) is 8.56. The highest BCUT2D eigenvalue weighted by Crippen LogP contribution is 2.70.